The van der Waals surface area contributed by atoms with Gasteiger partial charge in [-0.2, -0.15) is 0 Å². The lowest BCUT2D eigenvalue weighted by Crippen LogP contribution is -2.41. The van der Waals surface area contributed by atoms with Crippen LogP contribution in [0.3, 0.4) is 0 Å². The number of aryl methyl sites for hydroxylation is 1. The van der Waals surface area contributed by atoms with E-state index in [0.717, 1.165) is 6.42 Å². The standard InChI is InChI=1S/C17H26OSi/c1-19(2,3)16-11-12-7-4-5-10-15(18)17(12)14-9-6-8-13(14)16/h11,15,18H,4-10H2,1-3H3. The van der Waals surface area contributed by atoms with Crippen LogP contribution in [0.15, 0.2) is 6.07 Å². The van der Waals surface area contributed by atoms with E-state index in [-0.39, 0.29) is 6.10 Å². The smallest absolute Gasteiger partial charge is 0.0795 e. The van der Waals surface area contributed by atoms with E-state index in [1.54, 1.807) is 16.3 Å². The molecule has 0 radical (unpaired) electrons. The van der Waals surface area contributed by atoms with Gasteiger partial charge in [0.25, 0.3) is 0 Å². The molecular weight excluding hydrogens is 248 g/mol. The van der Waals surface area contributed by atoms with E-state index < -0.39 is 8.07 Å². The first-order chi connectivity index (χ1) is 8.98. The van der Waals surface area contributed by atoms with Crippen molar-refractivity contribution in [1.29, 1.82) is 0 Å². The van der Waals surface area contributed by atoms with Crippen molar-refractivity contribution in [2.45, 2.75) is 70.7 Å². The molecule has 1 aromatic carbocycles. The molecule has 19 heavy (non-hydrogen) atoms. The Bertz CT molecular complexity index is 499. The zero-order valence-electron chi connectivity index (χ0n) is 12.6. The quantitative estimate of drug-likeness (QED) is 0.614. The molecule has 0 amide bonds. The average Bonchev–Trinajstić information content (AvgIpc) is 2.72. The molecule has 1 atom stereocenters. The van der Waals surface area contributed by atoms with E-state index >= 15 is 0 Å². The average molecular weight is 274 g/mol. The summed E-state index contributed by atoms with van der Waals surface area (Å²) in [6.45, 7) is 7.38. The number of aliphatic hydroxyl groups is 1. The van der Waals surface area contributed by atoms with Crippen molar-refractivity contribution in [2.75, 3.05) is 0 Å². The number of aliphatic hydroxyl groups excluding tert-OH is 1. The lowest BCUT2D eigenvalue weighted by Gasteiger charge is -2.26. The molecule has 0 heterocycles. The topological polar surface area (TPSA) is 20.2 Å². The van der Waals surface area contributed by atoms with Crippen molar-refractivity contribution in [3.63, 3.8) is 0 Å². The second-order valence-corrected chi connectivity index (χ2v) is 12.4. The predicted molar refractivity (Wildman–Crippen MR) is 84.0 cm³/mol. The van der Waals surface area contributed by atoms with Gasteiger partial charge >= 0.3 is 0 Å². The maximum absolute atomic E-state index is 10.5. The molecule has 1 nitrogen and oxygen atoms in total. The largest absolute Gasteiger partial charge is 0.388 e. The van der Waals surface area contributed by atoms with E-state index in [1.807, 2.05) is 0 Å². The summed E-state index contributed by atoms with van der Waals surface area (Å²) in [6.07, 6.45) is 8.10. The maximum Gasteiger partial charge on any atom is 0.0795 e. The van der Waals surface area contributed by atoms with E-state index in [9.17, 15) is 5.11 Å². The van der Waals surface area contributed by atoms with E-state index in [4.69, 9.17) is 0 Å². The minimum Gasteiger partial charge on any atom is -0.388 e. The second-order valence-electron chi connectivity index (χ2n) is 7.32. The zero-order valence-corrected chi connectivity index (χ0v) is 13.6. The molecule has 1 aromatic rings. The SMILES string of the molecule is C[Si](C)(C)c1cc2c(c3c1CCC3)C(O)CCCC2. The summed E-state index contributed by atoms with van der Waals surface area (Å²) in [5.41, 5.74) is 5.98. The highest BCUT2D eigenvalue weighted by Gasteiger charge is 2.30. The molecule has 2 aliphatic rings. The number of hydrogen-bond donors (Lipinski definition) is 1. The van der Waals surface area contributed by atoms with Gasteiger partial charge in [-0.25, -0.2) is 0 Å². The Morgan fingerprint density at radius 3 is 2.47 bits per heavy atom. The Balaban J connectivity index is 2.23. The Morgan fingerprint density at radius 2 is 1.74 bits per heavy atom. The molecule has 0 saturated heterocycles. The van der Waals surface area contributed by atoms with Gasteiger partial charge in [-0.3, -0.25) is 0 Å². The molecule has 2 aliphatic carbocycles. The van der Waals surface area contributed by atoms with Crippen molar-refractivity contribution in [3.05, 3.63) is 28.3 Å². The first-order valence-corrected chi connectivity index (χ1v) is 11.3. The number of rotatable bonds is 1. The Morgan fingerprint density at radius 1 is 1.00 bits per heavy atom. The predicted octanol–water partition coefficient (Wildman–Crippen LogP) is 3.48. The second kappa shape index (κ2) is 4.74. The highest BCUT2D eigenvalue weighted by atomic mass is 28.3. The third-order valence-corrected chi connectivity index (χ3v) is 6.91. The third kappa shape index (κ3) is 2.29. The molecule has 0 bridgehead atoms. The van der Waals surface area contributed by atoms with Crippen LogP contribution in [-0.4, -0.2) is 13.2 Å². The van der Waals surface area contributed by atoms with Crippen LogP contribution in [-0.2, 0) is 19.3 Å². The van der Waals surface area contributed by atoms with Gasteiger partial charge in [-0.05, 0) is 60.8 Å². The summed E-state index contributed by atoms with van der Waals surface area (Å²) < 4.78 is 0. The monoisotopic (exact) mass is 274 g/mol. The zero-order chi connectivity index (χ0) is 13.6. The van der Waals surface area contributed by atoms with Crippen LogP contribution in [0, 0.1) is 0 Å². The molecule has 104 valence electrons. The van der Waals surface area contributed by atoms with Gasteiger partial charge in [0.15, 0.2) is 0 Å². The molecule has 1 unspecified atom stereocenters. The van der Waals surface area contributed by atoms with Crippen LogP contribution in [0.4, 0.5) is 0 Å². The van der Waals surface area contributed by atoms with Crippen molar-refractivity contribution >= 4 is 13.3 Å². The molecule has 3 rings (SSSR count). The fourth-order valence-electron chi connectivity index (χ4n) is 3.96. The van der Waals surface area contributed by atoms with Crippen molar-refractivity contribution in [1.82, 2.24) is 0 Å². The fraction of sp³-hybridized carbons (Fsp3) is 0.647. The van der Waals surface area contributed by atoms with Gasteiger partial charge in [0.2, 0.25) is 0 Å². The summed E-state index contributed by atoms with van der Waals surface area (Å²) >= 11 is 0. The van der Waals surface area contributed by atoms with Gasteiger partial charge in [0, 0.05) is 0 Å². The molecule has 0 spiro atoms. The molecule has 0 aromatic heterocycles. The van der Waals surface area contributed by atoms with Gasteiger partial charge in [0.05, 0.1) is 14.2 Å². The third-order valence-electron chi connectivity index (χ3n) is 4.85. The maximum atomic E-state index is 10.5. The van der Waals surface area contributed by atoms with E-state index in [0.29, 0.717) is 0 Å². The van der Waals surface area contributed by atoms with Crippen LogP contribution in [0.1, 0.15) is 54.0 Å². The Labute approximate surface area is 118 Å². The van der Waals surface area contributed by atoms with Crippen LogP contribution >= 0.6 is 0 Å². The molecule has 2 heteroatoms. The van der Waals surface area contributed by atoms with E-state index in [2.05, 4.69) is 25.7 Å². The van der Waals surface area contributed by atoms with Crippen LogP contribution in [0.5, 0.6) is 0 Å². The number of fused-ring (bicyclic) bond motifs is 3. The van der Waals surface area contributed by atoms with Crippen LogP contribution < -0.4 is 5.19 Å². The minimum atomic E-state index is -1.27. The highest BCUT2D eigenvalue weighted by molar-refractivity contribution is 6.89. The van der Waals surface area contributed by atoms with Gasteiger partial charge < -0.3 is 5.11 Å². The lowest BCUT2D eigenvalue weighted by atomic mass is 9.92. The summed E-state index contributed by atoms with van der Waals surface area (Å²) in [6, 6.07) is 2.49. The number of benzene rings is 1. The highest BCUT2D eigenvalue weighted by Crippen LogP contribution is 2.36. The van der Waals surface area contributed by atoms with Gasteiger partial charge in [0.1, 0.15) is 0 Å². The summed E-state index contributed by atoms with van der Waals surface area (Å²) in [7, 11) is -1.27. The van der Waals surface area contributed by atoms with Crippen LogP contribution in [0.25, 0.3) is 0 Å². The van der Waals surface area contributed by atoms with Gasteiger partial charge in [-0.1, -0.05) is 37.3 Å². The molecular formula is C17H26OSi. The molecule has 1 N–H and O–H groups in total. The molecule has 0 fully saturated rings. The fourth-order valence-corrected chi connectivity index (χ4v) is 5.75. The van der Waals surface area contributed by atoms with Crippen molar-refractivity contribution in [3.8, 4) is 0 Å². The van der Waals surface area contributed by atoms with Crippen molar-refractivity contribution in [2.24, 2.45) is 0 Å². The number of hydrogen-bond acceptors (Lipinski definition) is 1. The van der Waals surface area contributed by atoms with Crippen molar-refractivity contribution < 1.29 is 5.11 Å². The Hall–Kier alpha value is -0.603. The Kier molecular flexibility index (Phi) is 3.34. The van der Waals surface area contributed by atoms with Gasteiger partial charge in [-0.15, -0.1) is 0 Å². The summed E-state index contributed by atoms with van der Waals surface area (Å²) in [5, 5.41) is 12.2. The summed E-state index contributed by atoms with van der Waals surface area (Å²) in [5.74, 6) is 0. The normalized spacial score (nSPS) is 22.8. The summed E-state index contributed by atoms with van der Waals surface area (Å²) in [4.78, 5) is 0. The first-order valence-electron chi connectivity index (χ1n) is 7.84. The first kappa shape index (κ1) is 13.4. The lowest BCUT2D eigenvalue weighted by molar-refractivity contribution is 0.165. The molecule has 0 saturated carbocycles. The van der Waals surface area contributed by atoms with E-state index in [1.165, 1.54) is 49.7 Å². The molecule has 0 aliphatic heterocycles. The minimum absolute atomic E-state index is 0.194. The van der Waals surface area contributed by atoms with Crippen LogP contribution in [0.2, 0.25) is 19.6 Å².